The highest BCUT2D eigenvalue weighted by molar-refractivity contribution is 5.95. The number of carbonyl (C=O) groups is 1. The summed E-state index contributed by atoms with van der Waals surface area (Å²) in [6, 6.07) is 9.82. The van der Waals surface area contributed by atoms with Gasteiger partial charge in [-0.2, -0.15) is 4.98 Å². The second-order valence-corrected chi connectivity index (χ2v) is 7.15. The van der Waals surface area contributed by atoms with E-state index in [-0.39, 0.29) is 5.56 Å². The van der Waals surface area contributed by atoms with Crippen LogP contribution in [0.15, 0.2) is 50.3 Å². The highest BCUT2D eigenvalue weighted by Crippen LogP contribution is 2.19. The zero-order chi connectivity index (χ0) is 21.1. The molecule has 30 heavy (non-hydrogen) atoms. The largest absolute Gasteiger partial charge is 0.427 e. The van der Waals surface area contributed by atoms with Crippen LogP contribution in [0.25, 0.3) is 10.9 Å². The lowest BCUT2D eigenvalue weighted by Crippen LogP contribution is -2.31. The highest BCUT2D eigenvalue weighted by atomic mass is 16.5. The second-order valence-electron chi connectivity index (χ2n) is 7.15. The van der Waals surface area contributed by atoms with Crippen molar-refractivity contribution in [3.63, 3.8) is 0 Å². The molecule has 0 radical (unpaired) electrons. The van der Waals surface area contributed by atoms with Crippen LogP contribution in [0.4, 0.5) is 0 Å². The Hall–Kier alpha value is -3.68. The Kier molecular flexibility index (Phi) is 5.47. The van der Waals surface area contributed by atoms with Crippen LogP contribution in [0, 0.1) is 13.8 Å². The number of para-hydroxylation sites is 1. The van der Waals surface area contributed by atoms with Gasteiger partial charge < -0.3 is 19.2 Å². The third-order valence-electron chi connectivity index (χ3n) is 4.95. The van der Waals surface area contributed by atoms with Crippen LogP contribution >= 0.6 is 0 Å². The molecule has 0 aliphatic heterocycles. The van der Waals surface area contributed by atoms with E-state index in [1.165, 1.54) is 0 Å². The van der Waals surface area contributed by atoms with E-state index in [0.717, 1.165) is 22.9 Å². The molecule has 154 valence electrons. The summed E-state index contributed by atoms with van der Waals surface area (Å²) >= 11 is 0. The summed E-state index contributed by atoms with van der Waals surface area (Å²) in [5.74, 6) is 1.06. The number of H-pyrrole nitrogens is 1. The number of amides is 1. The number of rotatable bonds is 7. The molecule has 0 spiro atoms. The van der Waals surface area contributed by atoms with Crippen LogP contribution in [0.1, 0.15) is 39.0 Å². The molecule has 0 bridgehead atoms. The fourth-order valence-corrected chi connectivity index (χ4v) is 3.48. The first-order valence-electron chi connectivity index (χ1n) is 9.77. The number of carbonyl (C=O) groups excluding carboxylic acids is 1. The molecule has 8 nitrogen and oxygen atoms in total. The van der Waals surface area contributed by atoms with Crippen LogP contribution < -0.4 is 10.9 Å². The maximum Gasteiger partial charge on any atom is 0.349 e. The molecule has 1 aromatic carbocycles. The summed E-state index contributed by atoms with van der Waals surface area (Å²) in [6.45, 7) is 3.73. The van der Waals surface area contributed by atoms with Gasteiger partial charge in [0.25, 0.3) is 5.91 Å². The van der Waals surface area contributed by atoms with Crippen molar-refractivity contribution in [1.29, 1.82) is 0 Å². The number of fused-ring (bicyclic) bond motifs is 1. The maximum absolute atomic E-state index is 12.4. The normalized spacial score (nSPS) is 11.1. The fourth-order valence-electron chi connectivity index (χ4n) is 3.48. The number of hydrogen-bond donors (Lipinski definition) is 2. The minimum Gasteiger partial charge on any atom is -0.427 e. The van der Waals surface area contributed by atoms with Gasteiger partial charge >= 0.3 is 5.63 Å². The lowest BCUT2D eigenvalue weighted by atomic mass is 10.1. The van der Waals surface area contributed by atoms with Gasteiger partial charge in [-0.25, -0.2) is 4.79 Å². The van der Waals surface area contributed by atoms with E-state index in [2.05, 4.69) is 26.5 Å². The van der Waals surface area contributed by atoms with Crippen LogP contribution in [0.5, 0.6) is 0 Å². The van der Waals surface area contributed by atoms with Gasteiger partial charge in [-0.15, -0.1) is 0 Å². The molecular formula is C22H22N4O4. The molecule has 0 aliphatic rings. The first-order valence-corrected chi connectivity index (χ1v) is 9.77. The molecule has 0 unspecified atom stereocenters. The molecule has 4 aromatic rings. The first kappa shape index (κ1) is 19.6. The van der Waals surface area contributed by atoms with Gasteiger partial charge in [-0.1, -0.05) is 23.4 Å². The van der Waals surface area contributed by atoms with Gasteiger partial charge in [0, 0.05) is 43.4 Å². The summed E-state index contributed by atoms with van der Waals surface area (Å²) in [4.78, 5) is 32.2. The summed E-state index contributed by atoms with van der Waals surface area (Å²) in [5.41, 5.74) is 2.22. The van der Waals surface area contributed by atoms with Crippen LogP contribution in [-0.2, 0) is 19.3 Å². The predicted molar refractivity (Wildman–Crippen MR) is 110 cm³/mol. The minimum absolute atomic E-state index is 0.0233. The van der Waals surface area contributed by atoms with Crippen molar-refractivity contribution in [3.05, 3.63) is 81.1 Å². The summed E-state index contributed by atoms with van der Waals surface area (Å²) < 4.78 is 10.3. The zero-order valence-electron chi connectivity index (χ0n) is 16.8. The Balaban J connectivity index is 1.41. The smallest absolute Gasteiger partial charge is 0.349 e. The van der Waals surface area contributed by atoms with Gasteiger partial charge in [-0.05, 0) is 36.6 Å². The molecule has 1 amide bonds. The van der Waals surface area contributed by atoms with Gasteiger partial charge in [-0.3, -0.25) is 4.79 Å². The number of hydrogen-bond acceptors (Lipinski definition) is 6. The monoisotopic (exact) mass is 406 g/mol. The zero-order valence-corrected chi connectivity index (χ0v) is 16.8. The van der Waals surface area contributed by atoms with Gasteiger partial charge in [0.2, 0.25) is 5.89 Å². The number of benzene rings is 1. The van der Waals surface area contributed by atoms with E-state index < -0.39 is 11.5 Å². The Morgan fingerprint density at radius 2 is 2.00 bits per heavy atom. The minimum atomic E-state index is -0.628. The molecule has 0 atom stereocenters. The van der Waals surface area contributed by atoms with Crippen LogP contribution in [0.2, 0.25) is 0 Å². The summed E-state index contributed by atoms with van der Waals surface area (Å²) in [5, 5.41) is 7.64. The molecular weight excluding hydrogens is 384 g/mol. The van der Waals surface area contributed by atoms with Crippen molar-refractivity contribution in [2.45, 2.75) is 33.1 Å². The lowest BCUT2D eigenvalue weighted by molar-refractivity contribution is 0.0949. The van der Waals surface area contributed by atoms with Crippen molar-refractivity contribution in [2.75, 3.05) is 6.54 Å². The number of aryl methyl sites for hydroxylation is 4. The third kappa shape index (κ3) is 4.17. The summed E-state index contributed by atoms with van der Waals surface area (Å²) in [6.07, 6.45) is 3.68. The molecule has 0 aliphatic carbocycles. The Labute approximate surface area is 172 Å². The Morgan fingerprint density at radius 1 is 1.17 bits per heavy atom. The van der Waals surface area contributed by atoms with Crippen molar-refractivity contribution >= 4 is 16.8 Å². The van der Waals surface area contributed by atoms with E-state index in [9.17, 15) is 9.59 Å². The van der Waals surface area contributed by atoms with Gasteiger partial charge in [0.1, 0.15) is 11.3 Å². The predicted octanol–water partition coefficient (Wildman–Crippen LogP) is 2.88. The maximum atomic E-state index is 12.4. The van der Waals surface area contributed by atoms with Crippen LogP contribution in [-0.4, -0.2) is 27.6 Å². The SMILES string of the molecule is Cc1nc(CCNC(=O)c2c(C)cc(CCc3c[nH]c4ccccc34)oc2=O)no1. The van der Waals surface area contributed by atoms with E-state index in [0.29, 0.717) is 42.4 Å². The summed E-state index contributed by atoms with van der Waals surface area (Å²) in [7, 11) is 0. The van der Waals surface area contributed by atoms with Crippen molar-refractivity contribution in [2.24, 2.45) is 0 Å². The number of nitrogens with zero attached hydrogens (tertiary/aromatic N) is 2. The molecule has 4 rings (SSSR count). The molecule has 2 N–H and O–H groups in total. The van der Waals surface area contributed by atoms with E-state index in [1.807, 2.05) is 24.4 Å². The standard InChI is InChI=1S/C22H22N4O4/c1-13-11-16(8-7-15-12-24-18-6-4-3-5-17(15)18)29-22(28)20(13)21(27)23-10-9-19-25-14(2)30-26-19/h3-6,11-12,24H,7-10H2,1-2H3,(H,23,27). The first-order chi connectivity index (χ1) is 14.5. The van der Waals surface area contributed by atoms with Gasteiger partial charge in [0.15, 0.2) is 5.82 Å². The second kappa shape index (κ2) is 8.36. The number of aromatic nitrogens is 3. The molecule has 8 heteroatoms. The topological polar surface area (TPSA) is 114 Å². The quantitative estimate of drug-likeness (QED) is 0.488. The molecule has 0 fully saturated rings. The average molecular weight is 406 g/mol. The van der Waals surface area contributed by atoms with Crippen molar-refractivity contribution in [1.82, 2.24) is 20.4 Å². The lowest BCUT2D eigenvalue weighted by Gasteiger charge is -2.07. The molecule has 3 aromatic heterocycles. The average Bonchev–Trinajstić information content (AvgIpc) is 3.32. The van der Waals surface area contributed by atoms with Crippen molar-refractivity contribution in [3.8, 4) is 0 Å². The van der Waals surface area contributed by atoms with Crippen molar-refractivity contribution < 1.29 is 13.7 Å². The number of aromatic amines is 1. The Morgan fingerprint density at radius 3 is 2.77 bits per heavy atom. The van der Waals surface area contributed by atoms with Crippen LogP contribution in [0.3, 0.4) is 0 Å². The van der Waals surface area contributed by atoms with E-state index in [4.69, 9.17) is 8.94 Å². The molecule has 3 heterocycles. The molecule has 0 saturated heterocycles. The van der Waals surface area contributed by atoms with E-state index in [1.54, 1.807) is 19.9 Å². The number of nitrogens with one attached hydrogen (secondary N) is 2. The van der Waals surface area contributed by atoms with E-state index >= 15 is 0 Å². The highest BCUT2D eigenvalue weighted by Gasteiger charge is 2.17. The molecule has 0 saturated carbocycles. The van der Waals surface area contributed by atoms with Gasteiger partial charge in [0.05, 0.1) is 0 Å². The fraction of sp³-hybridized carbons (Fsp3) is 0.273. The Bertz CT molecular complexity index is 1250. The third-order valence-corrected chi connectivity index (χ3v) is 4.95.